The summed E-state index contributed by atoms with van der Waals surface area (Å²) in [6, 6.07) is 9.50. The lowest BCUT2D eigenvalue weighted by Gasteiger charge is -2.29. The van der Waals surface area contributed by atoms with E-state index in [9.17, 15) is 4.79 Å². The predicted molar refractivity (Wildman–Crippen MR) is 86.0 cm³/mol. The fourth-order valence-electron chi connectivity index (χ4n) is 2.27. The second kappa shape index (κ2) is 8.80. The van der Waals surface area contributed by atoms with Gasteiger partial charge in [-0.15, -0.1) is 0 Å². The highest BCUT2D eigenvalue weighted by Gasteiger charge is 2.37. The number of carbonyl (C=O) groups excluding carboxylic acids is 1. The first-order valence-corrected chi connectivity index (χ1v) is 7.74. The third-order valence-electron chi connectivity index (χ3n) is 3.71. The highest BCUT2D eigenvalue weighted by atomic mass is 16.5. The van der Waals surface area contributed by atoms with Gasteiger partial charge in [0.1, 0.15) is 5.54 Å². The van der Waals surface area contributed by atoms with Gasteiger partial charge < -0.3 is 15.4 Å². The third-order valence-corrected chi connectivity index (χ3v) is 3.71. The number of carbonyl (C=O) groups is 1. The third kappa shape index (κ3) is 5.14. The van der Waals surface area contributed by atoms with E-state index in [0.29, 0.717) is 13.0 Å². The first-order valence-electron chi connectivity index (χ1n) is 7.74. The first-order chi connectivity index (χ1) is 10.0. The van der Waals surface area contributed by atoms with Crippen molar-refractivity contribution >= 4 is 5.97 Å². The molecule has 0 bridgehead atoms. The summed E-state index contributed by atoms with van der Waals surface area (Å²) >= 11 is 0. The van der Waals surface area contributed by atoms with Gasteiger partial charge >= 0.3 is 5.97 Å². The Balaban J connectivity index is 2.81. The summed E-state index contributed by atoms with van der Waals surface area (Å²) in [4.78, 5) is 14.5. The highest BCUT2D eigenvalue weighted by molar-refractivity contribution is 5.82. The molecule has 0 saturated carbocycles. The van der Waals surface area contributed by atoms with Crippen LogP contribution >= 0.6 is 0 Å². The van der Waals surface area contributed by atoms with Crippen molar-refractivity contribution in [1.82, 2.24) is 4.90 Å². The average molecular weight is 292 g/mol. The van der Waals surface area contributed by atoms with E-state index in [1.807, 2.05) is 30.3 Å². The summed E-state index contributed by atoms with van der Waals surface area (Å²) in [5, 5.41) is 0. The Morgan fingerprint density at radius 2 is 1.90 bits per heavy atom. The Hall–Kier alpha value is -1.39. The van der Waals surface area contributed by atoms with Crippen molar-refractivity contribution in [3.05, 3.63) is 35.9 Å². The van der Waals surface area contributed by atoms with Gasteiger partial charge in [-0.2, -0.15) is 0 Å². The summed E-state index contributed by atoms with van der Waals surface area (Å²) in [5.74, 6) is -0.347. The van der Waals surface area contributed by atoms with E-state index in [4.69, 9.17) is 10.5 Å². The number of nitrogens with two attached hydrogens (primary N) is 1. The van der Waals surface area contributed by atoms with Crippen LogP contribution in [0.5, 0.6) is 0 Å². The zero-order valence-electron chi connectivity index (χ0n) is 13.5. The van der Waals surface area contributed by atoms with Crippen molar-refractivity contribution in [3.63, 3.8) is 0 Å². The van der Waals surface area contributed by atoms with E-state index in [1.165, 1.54) is 0 Å². The zero-order valence-corrected chi connectivity index (χ0v) is 13.5. The van der Waals surface area contributed by atoms with E-state index in [0.717, 1.165) is 31.5 Å². The molecule has 21 heavy (non-hydrogen) atoms. The molecule has 1 atom stereocenters. The van der Waals surface area contributed by atoms with Crippen LogP contribution in [-0.4, -0.2) is 37.6 Å². The van der Waals surface area contributed by atoms with Crippen LogP contribution in [-0.2, 0) is 15.1 Å². The number of ether oxygens (including phenoxy) is 1. The Labute approximate surface area is 128 Å². The Bertz CT molecular complexity index is 422. The van der Waals surface area contributed by atoms with E-state index < -0.39 is 5.54 Å². The standard InChI is InChI=1S/C17H28N2O2/c1-4-6-13-19(3)14-12-17(18,16(20)21-5-2)15-10-8-7-9-11-15/h7-11H,4-6,12-14,18H2,1-3H3. The topological polar surface area (TPSA) is 55.6 Å². The molecule has 4 nitrogen and oxygen atoms in total. The van der Waals surface area contributed by atoms with Gasteiger partial charge in [0, 0.05) is 6.54 Å². The van der Waals surface area contributed by atoms with Crippen molar-refractivity contribution in [2.45, 2.75) is 38.6 Å². The van der Waals surface area contributed by atoms with Crippen molar-refractivity contribution in [1.29, 1.82) is 0 Å². The number of esters is 1. The van der Waals surface area contributed by atoms with Gasteiger partial charge in [0.2, 0.25) is 0 Å². The average Bonchev–Trinajstić information content (AvgIpc) is 2.51. The van der Waals surface area contributed by atoms with Crippen molar-refractivity contribution in [2.75, 3.05) is 26.7 Å². The molecule has 2 N–H and O–H groups in total. The van der Waals surface area contributed by atoms with Crippen LogP contribution in [0.25, 0.3) is 0 Å². The van der Waals surface area contributed by atoms with Crippen molar-refractivity contribution in [3.8, 4) is 0 Å². The molecule has 0 amide bonds. The molecule has 1 rings (SSSR count). The Kier molecular flexibility index (Phi) is 7.40. The minimum atomic E-state index is -1.07. The molecule has 0 aliphatic rings. The van der Waals surface area contributed by atoms with E-state index in [-0.39, 0.29) is 5.97 Å². The van der Waals surface area contributed by atoms with Crippen LogP contribution in [0.3, 0.4) is 0 Å². The minimum Gasteiger partial charge on any atom is -0.464 e. The molecule has 0 heterocycles. The summed E-state index contributed by atoms with van der Waals surface area (Å²) in [6.45, 7) is 6.10. The lowest BCUT2D eigenvalue weighted by Crippen LogP contribution is -2.48. The minimum absolute atomic E-state index is 0.344. The number of unbranched alkanes of at least 4 members (excludes halogenated alkanes) is 1. The van der Waals surface area contributed by atoms with E-state index in [1.54, 1.807) is 6.92 Å². The maximum Gasteiger partial charge on any atom is 0.330 e. The molecule has 4 heteroatoms. The lowest BCUT2D eigenvalue weighted by molar-refractivity contribution is -0.150. The first kappa shape index (κ1) is 17.7. The zero-order chi connectivity index (χ0) is 15.7. The van der Waals surface area contributed by atoms with Crippen LogP contribution in [0.1, 0.15) is 38.7 Å². The maximum absolute atomic E-state index is 12.3. The molecule has 0 aliphatic carbocycles. The SMILES string of the molecule is CCCCN(C)CCC(N)(C(=O)OCC)c1ccccc1. The largest absolute Gasteiger partial charge is 0.464 e. The van der Waals surface area contributed by atoms with Gasteiger partial charge in [0.05, 0.1) is 6.61 Å². The quantitative estimate of drug-likeness (QED) is 0.711. The molecule has 1 aromatic rings. The van der Waals surface area contributed by atoms with Gasteiger partial charge in [0.25, 0.3) is 0 Å². The summed E-state index contributed by atoms with van der Waals surface area (Å²) in [5.41, 5.74) is 6.17. The van der Waals surface area contributed by atoms with E-state index >= 15 is 0 Å². The molecule has 0 aliphatic heterocycles. The molecule has 0 saturated heterocycles. The molecule has 0 radical (unpaired) electrons. The lowest BCUT2D eigenvalue weighted by atomic mass is 9.87. The number of nitrogens with zero attached hydrogens (tertiary/aromatic N) is 1. The second-order valence-electron chi connectivity index (χ2n) is 5.46. The van der Waals surface area contributed by atoms with Crippen LogP contribution in [0.15, 0.2) is 30.3 Å². The number of rotatable bonds is 9. The molecular weight excluding hydrogens is 264 g/mol. The number of hydrogen-bond acceptors (Lipinski definition) is 4. The van der Waals surface area contributed by atoms with Gasteiger partial charge in [0.15, 0.2) is 0 Å². The molecule has 0 fully saturated rings. The van der Waals surface area contributed by atoms with Crippen LogP contribution < -0.4 is 5.73 Å². The normalized spacial score (nSPS) is 14.0. The Morgan fingerprint density at radius 1 is 1.24 bits per heavy atom. The summed E-state index contributed by atoms with van der Waals surface area (Å²) in [7, 11) is 2.06. The summed E-state index contributed by atoms with van der Waals surface area (Å²) in [6.07, 6.45) is 2.86. The van der Waals surface area contributed by atoms with Crippen LogP contribution in [0, 0.1) is 0 Å². The molecule has 0 spiro atoms. The van der Waals surface area contributed by atoms with Crippen molar-refractivity contribution < 1.29 is 9.53 Å². The second-order valence-corrected chi connectivity index (χ2v) is 5.46. The monoisotopic (exact) mass is 292 g/mol. The van der Waals surface area contributed by atoms with Gasteiger partial charge in [-0.05, 0) is 38.9 Å². The van der Waals surface area contributed by atoms with E-state index in [2.05, 4.69) is 18.9 Å². The molecule has 1 aromatic carbocycles. The maximum atomic E-state index is 12.3. The Morgan fingerprint density at radius 3 is 2.48 bits per heavy atom. The summed E-state index contributed by atoms with van der Waals surface area (Å²) < 4.78 is 5.19. The van der Waals surface area contributed by atoms with Gasteiger partial charge in [-0.1, -0.05) is 43.7 Å². The van der Waals surface area contributed by atoms with Crippen LogP contribution in [0.2, 0.25) is 0 Å². The fourth-order valence-corrected chi connectivity index (χ4v) is 2.27. The number of hydrogen-bond donors (Lipinski definition) is 1. The molecule has 0 aromatic heterocycles. The predicted octanol–water partition coefficient (Wildman–Crippen LogP) is 2.53. The molecule has 118 valence electrons. The molecular formula is C17H28N2O2. The smallest absolute Gasteiger partial charge is 0.330 e. The highest BCUT2D eigenvalue weighted by Crippen LogP contribution is 2.24. The fraction of sp³-hybridized carbons (Fsp3) is 0.588. The van der Waals surface area contributed by atoms with Crippen LogP contribution in [0.4, 0.5) is 0 Å². The van der Waals surface area contributed by atoms with Crippen molar-refractivity contribution in [2.24, 2.45) is 5.73 Å². The van der Waals surface area contributed by atoms with Gasteiger partial charge in [-0.25, -0.2) is 4.79 Å². The molecule has 1 unspecified atom stereocenters. The number of benzene rings is 1. The van der Waals surface area contributed by atoms with Gasteiger partial charge in [-0.3, -0.25) is 0 Å².